The molecule has 0 heterocycles. The Bertz CT molecular complexity index is 310. The van der Waals surface area contributed by atoms with Crippen molar-refractivity contribution in [3.05, 3.63) is 0 Å². The Labute approximate surface area is 120 Å². The number of halogens is 3. The Morgan fingerprint density at radius 1 is 1.25 bits per heavy atom. The molecular weight excluding hydrogens is 267 g/mol. The van der Waals surface area contributed by atoms with Gasteiger partial charge in [0.1, 0.15) is 5.54 Å². The van der Waals surface area contributed by atoms with Crippen molar-refractivity contribution < 1.29 is 13.2 Å². The smallest absolute Gasteiger partial charge is 0.297 e. The first-order chi connectivity index (χ1) is 9.12. The van der Waals surface area contributed by atoms with E-state index in [4.69, 9.17) is 0 Å². The number of hydrogen-bond donors (Lipinski definition) is 1. The Kier molecular flexibility index (Phi) is 8.14. The molecule has 1 atom stereocenters. The topological polar surface area (TPSA) is 39.1 Å². The van der Waals surface area contributed by atoms with Crippen LogP contribution in [-0.4, -0.2) is 42.3 Å². The minimum absolute atomic E-state index is 0.168. The Balaban J connectivity index is 4.31. The molecule has 118 valence electrons. The second-order valence-electron chi connectivity index (χ2n) is 5.74. The fourth-order valence-corrected chi connectivity index (χ4v) is 2.29. The molecule has 0 aromatic heterocycles. The first-order valence-corrected chi connectivity index (χ1v) is 7.10. The number of alkyl halides is 3. The summed E-state index contributed by atoms with van der Waals surface area (Å²) >= 11 is 0. The zero-order valence-corrected chi connectivity index (χ0v) is 12.8. The van der Waals surface area contributed by atoms with Gasteiger partial charge >= 0.3 is 6.18 Å². The number of nitrogens with zero attached hydrogens (tertiary/aromatic N) is 2. The molecule has 0 aliphatic heterocycles. The molecule has 0 aromatic rings. The Hall–Kier alpha value is -0.800. The van der Waals surface area contributed by atoms with Crippen molar-refractivity contribution in [2.45, 2.75) is 64.7 Å². The second-order valence-corrected chi connectivity index (χ2v) is 5.74. The summed E-state index contributed by atoms with van der Waals surface area (Å²) < 4.78 is 37.3. The van der Waals surface area contributed by atoms with Gasteiger partial charge in [-0.15, -0.1) is 0 Å². The lowest BCUT2D eigenvalue weighted by Gasteiger charge is -2.28. The first-order valence-electron chi connectivity index (χ1n) is 7.10. The molecule has 1 N–H and O–H groups in total. The second kappa shape index (κ2) is 8.48. The average molecular weight is 293 g/mol. The van der Waals surface area contributed by atoms with E-state index in [1.54, 1.807) is 6.92 Å². The highest BCUT2D eigenvalue weighted by molar-refractivity contribution is 5.04. The van der Waals surface area contributed by atoms with Crippen LogP contribution >= 0.6 is 0 Å². The largest absolute Gasteiger partial charge is 0.401 e. The summed E-state index contributed by atoms with van der Waals surface area (Å²) in [5.74, 6) is 0. The maximum atomic E-state index is 12.4. The summed E-state index contributed by atoms with van der Waals surface area (Å²) in [5.41, 5.74) is -0.676. The van der Waals surface area contributed by atoms with E-state index in [2.05, 4.69) is 11.4 Å². The molecule has 3 nitrogen and oxygen atoms in total. The van der Waals surface area contributed by atoms with Crippen LogP contribution in [0.3, 0.4) is 0 Å². The molecule has 0 aromatic carbocycles. The molecule has 0 rings (SSSR count). The van der Waals surface area contributed by atoms with Crippen molar-refractivity contribution >= 4 is 0 Å². The number of nitrogens with one attached hydrogen (secondary N) is 1. The average Bonchev–Trinajstić information content (AvgIpc) is 2.26. The van der Waals surface area contributed by atoms with Crippen molar-refractivity contribution in [2.75, 3.05) is 19.6 Å². The summed E-state index contributed by atoms with van der Waals surface area (Å²) in [6.07, 6.45) is -2.36. The molecule has 0 aliphatic rings. The minimum atomic E-state index is -4.16. The van der Waals surface area contributed by atoms with Gasteiger partial charge in [0.25, 0.3) is 0 Å². The lowest BCUT2D eigenvalue weighted by molar-refractivity contribution is -0.146. The lowest BCUT2D eigenvalue weighted by atomic mass is 9.96. The predicted molar refractivity (Wildman–Crippen MR) is 74.3 cm³/mol. The maximum absolute atomic E-state index is 12.4. The minimum Gasteiger partial charge on any atom is -0.297 e. The molecule has 0 spiro atoms. The van der Waals surface area contributed by atoms with Crippen LogP contribution < -0.4 is 5.32 Å². The van der Waals surface area contributed by atoms with Crippen molar-refractivity contribution in [3.63, 3.8) is 0 Å². The highest BCUT2D eigenvalue weighted by atomic mass is 19.4. The number of rotatable bonds is 9. The van der Waals surface area contributed by atoms with Gasteiger partial charge in [-0.2, -0.15) is 18.4 Å². The van der Waals surface area contributed by atoms with Gasteiger partial charge < -0.3 is 0 Å². The van der Waals surface area contributed by atoms with Crippen molar-refractivity contribution in [2.24, 2.45) is 0 Å². The summed E-state index contributed by atoms with van der Waals surface area (Å²) in [5, 5.41) is 12.3. The third-order valence-corrected chi connectivity index (χ3v) is 2.95. The van der Waals surface area contributed by atoms with Gasteiger partial charge in [-0.3, -0.25) is 10.2 Å². The van der Waals surface area contributed by atoms with Crippen LogP contribution in [0.15, 0.2) is 0 Å². The highest BCUT2D eigenvalue weighted by Gasteiger charge is 2.30. The number of hydrogen-bond acceptors (Lipinski definition) is 3. The van der Waals surface area contributed by atoms with E-state index >= 15 is 0 Å². The van der Waals surface area contributed by atoms with Crippen LogP contribution in [0.4, 0.5) is 13.2 Å². The summed E-state index contributed by atoms with van der Waals surface area (Å²) in [4.78, 5) is 1.41. The van der Waals surface area contributed by atoms with Gasteiger partial charge in [-0.1, -0.05) is 6.92 Å². The fourth-order valence-electron chi connectivity index (χ4n) is 2.29. The predicted octanol–water partition coefficient (Wildman–Crippen LogP) is 3.32. The van der Waals surface area contributed by atoms with Crippen LogP contribution in [-0.2, 0) is 0 Å². The van der Waals surface area contributed by atoms with Gasteiger partial charge in [0.15, 0.2) is 0 Å². The summed E-state index contributed by atoms with van der Waals surface area (Å²) in [6, 6.07) is 2.38. The normalized spacial score (nSPS) is 15.4. The van der Waals surface area contributed by atoms with E-state index in [-0.39, 0.29) is 6.04 Å². The van der Waals surface area contributed by atoms with Crippen LogP contribution in [0.1, 0.15) is 47.0 Å². The molecule has 0 saturated heterocycles. The zero-order valence-electron chi connectivity index (χ0n) is 12.8. The van der Waals surface area contributed by atoms with Crippen LogP contribution in [0.5, 0.6) is 0 Å². The van der Waals surface area contributed by atoms with Crippen LogP contribution in [0.25, 0.3) is 0 Å². The first kappa shape index (κ1) is 19.2. The standard InChI is InChI=1S/C14H26F3N3/c1-5-8-20(11-14(15,16)17)9-6-7-13(4,10-18)19-12(2)3/h12,19H,5-9,11H2,1-4H3. The lowest BCUT2D eigenvalue weighted by Crippen LogP contribution is -2.45. The van der Waals surface area contributed by atoms with E-state index in [0.29, 0.717) is 32.4 Å². The van der Waals surface area contributed by atoms with Crippen molar-refractivity contribution in [1.29, 1.82) is 5.26 Å². The van der Waals surface area contributed by atoms with E-state index in [1.165, 1.54) is 4.90 Å². The van der Waals surface area contributed by atoms with Crippen molar-refractivity contribution in [1.82, 2.24) is 10.2 Å². The number of nitriles is 1. The quantitative estimate of drug-likeness (QED) is 0.709. The Morgan fingerprint density at radius 2 is 1.85 bits per heavy atom. The van der Waals surface area contributed by atoms with Gasteiger partial charge in [0.2, 0.25) is 0 Å². The Morgan fingerprint density at radius 3 is 2.25 bits per heavy atom. The SMILES string of the molecule is CCCN(CCCC(C)(C#N)NC(C)C)CC(F)(F)F. The van der Waals surface area contributed by atoms with Gasteiger partial charge in [0.05, 0.1) is 12.6 Å². The molecule has 20 heavy (non-hydrogen) atoms. The molecule has 0 bridgehead atoms. The van der Waals surface area contributed by atoms with Crippen LogP contribution in [0, 0.1) is 11.3 Å². The molecule has 0 fully saturated rings. The molecule has 0 radical (unpaired) electrons. The fraction of sp³-hybridized carbons (Fsp3) is 0.929. The van der Waals surface area contributed by atoms with Gasteiger partial charge in [-0.05, 0) is 53.1 Å². The maximum Gasteiger partial charge on any atom is 0.401 e. The molecule has 0 aliphatic carbocycles. The monoisotopic (exact) mass is 293 g/mol. The third kappa shape index (κ3) is 9.16. The third-order valence-electron chi connectivity index (χ3n) is 2.95. The van der Waals surface area contributed by atoms with Gasteiger partial charge in [-0.25, -0.2) is 0 Å². The molecule has 6 heteroatoms. The zero-order chi connectivity index (χ0) is 15.8. The van der Waals surface area contributed by atoms with E-state index in [9.17, 15) is 18.4 Å². The van der Waals surface area contributed by atoms with E-state index in [1.807, 2.05) is 20.8 Å². The summed E-state index contributed by atoms with van der Waals surface area (Å²) in [6.45, 7) is 7.47. The van der Waals surface area contributed by atoms with E-state index < -0.39 is 18.3 Å². The summed E-state index contributed by atoms with van der Waals surface area (Å²) in [7, 11) is 0. The van der Waals surface area contributed by atoms with Crippen molar-refractivity contribution in [3.8, 4) is 6.07 Å². The molecule has 1 unspecified atom stereocenters. The van der Waals surface area contributed by atoms with E-state index in [0.717, 1.165) is 0 Å². The molecule has 0 saturated carbocycles. The molecular formula is C14H26F3N3. The highest BCUT2D eigenvalue weighted by Crippen LogP contribution is 2.18. The van der Waals surface area contributed by atoms with Crippen LogP contribution in [0.2, 0.25) is 0 Å². The van der Waals surface area contributed by atoms with Gasteiger partial charge in [0, 0.05) is 6.04 Å². The molecule has 0 amide bonds.